The van der Waals surface area contributed by atoms with Crippen molar-refractivity contribution >= 4 is 34.9 Å². The minimum absolute atomic E-state index is 0.0174. The van der Waals surface area contributed by atoms with Gasteiger partial charge in [-0.25, -0.2) is 0 Å². The molecule has 1 atom stereocenters. The molecule has 4 rings (SSSR count). The van der Waals surface area contributed by atoms with Gasteiger partial charge in [-0.1, -0.05) is 43.1 Å². The fraction of sp³-hybridized carbons (Fsp3) is 0.409. The Morgan fingerprint density at radius 1 is 1.14 bits per heavy atom. The van der Waals surface area contributed by atoms with Crippen LogP contribution in [0.4, 0.5) is 0 Å². The molecule has 2 aliphatic rings. The maximum absolute atomic E-state index is 13.3. The Hall–Kier alpha value is -2.11. The Balaban J connectivity index is 1.69. The van der Waals surface area contributed by atoms with Gasteiger partial charge in [0, 0.05) is 24.2 Å². The van der Waals surface area contributed by atoms with Crippen molar-refractivity contribution in [3.8, 4) is 0 Å². The van der Waals surface area contributed by atoms with E-state index in [0.717, 1.165) is 18.4 Å². The summed E-state index contributed by atoms with van der Waals surface area (Å²) in [6, 6.07) is 6.64. The third kappa shape index (κ3) is 3.74. The molecule has 152 valence electrons. The molecule has 1 saturated heterocycles. The number of likely N-dealkylation sites (tertiary alicyclic amines) is 1. The van der Waals surface area contributed by atoms with Crippen LogP contribution >= 0.6 is 23.2 Å². The highest BCUT2D eigenvalue weighted by molar-refractivity contribution is 6.42. The first kappa shape index (κ1) is 20.2. The van der Waals surface area contributed by atoms with Crippen LogP contribution in [0.1, 0.15) is 71.1 Å². The predicted octanol–water partition coefficient (Wildman–Crippen LogP) is 4.81. The third-order valence-corrected chi connectivity index (χ3v) is 6.53. The molecule has 1 aromatic carbocycles. The number of H-pyrrole nitrogens is 1. The summed E-state index contributed by atoms with van der Waals surface area (Å²) in [7, 11) is 0. The highest BCUT2D eigenvalue weighted by Gasteiger charge is 2.35. The molecule has 0 radical (unpaired) electrons. The zero-order valence-electron chi connectivity index (χ0n) is 16.4. The Kier molecular flexibility index (Phi) is 5.07. The summed E-state index contributed by atoms with van der Waals surface area (Å²) in [5.74, 6) is -0.399. The molecule has 5 nitrogen and oxygen atoms in total. The second-order valence-electron chi connectivity index (χ2n) is 8.68. The summed E-state index contributed by atoms with van der Waals surface area (Å²) in [5, 5.41) is 0.891. The first-order valence-corrected chi connectivity index (χ1v) is 10.5. The number of rotatable bonds is 2. The smallest absolute Gasteiger partial charge is 0.261 e. The number of nitrogens with one attached hydrogen (secondary N) is 1. The standard InChI is InChI=1S/C22H22Cl2N2O3/c1-22(2)10-17-13(19(27)11-22)9-14(20(28)25-17)21(29)26-7-3-4-18(26)12-5-6-15(23)16(24)8-12/h5-6,8-9,18H,3-4,7,10-11H2,1-2H3,(H,25,28). The second kappa shape index (κ2) is 7.29. The van der Waals surface area contributed by atoms with Crippen LogP contribution in [0.3, 0.4) is 0 Å². The van der Waals surface area contributed by atoms with E-state index in [-0.39, 0.29) is 28.7 Å². The average molecular weight is 433 g/mol. The van der Waals surface area contributed by atoms with Crippen LogP contribution in [0.2, 0.25) is 10.0 Å². The fourth-order valence-corrected chi connectivity index (χ4v) is 4.72. The van der Waals surface area contributed by atoms with Gasteiger partial charge in [0.15, 0.2) is 5.78 Å². The van der Waals surface area contributed by atoms with Crippen molar-refractivity contribution in [2.24, 2.45) is 5.41 Å². The van der Waals surface area contributed by atoms with Crippen LogP contribution in [0, 0.1) is 5.41 Å². The second-order valence-corrected chi connectivity index (χ2v) is 9.49. The van der Waals surface area contributed by atoms with E-state index in [4.69, 9.17) is 23.2 Å². The van der Waals surface area contributed by atoms with Crippen molar-refractivity contribution < 1.29 is 9.59 Å². The Morgan fingerprint density at radius 2 is 1.90 bits per heavy atom. The lowest BCUT2D eigenvalue weighted by molar-refractivity contribution is 0.0733. The maximum Gasteiger partial charge on any atom is 0.261 e. The van der Waals surface area contributed by atoms with Crippen molar-refractivity contribution in [3.63, 3.8) is 0 Å². The van der Waals surface area contributed by atoms with Gasteiger partial charge in [0.25, 0.3) is 11.5 Å². The van der Waals surface area contributed by atoms with Gasteiger partial charge in [-0.3, -0.25) is 14.4 Å². The van der Waals surface area contributed by atoms with Crippen molar-refractivity contribution in [2.45, 2.75) is 45.6 Å². The molecule has 0 bridgehead atoms. The van der Waals surface area contributed by atoms with Crippen LogP contribution < -0.4 is 5.56 Å². The number of hydrogen-bond acceptors (Lipinski definition) is 3. The number of hydrogen-bond donors (Lipinski definition) is 1. The normalized spacial score (nSPS) is 20.6. The Labute approximate surface area is 179 Å². The zero-order chi connectivity index (χ0) is 20.9. The predicted molar refractivity (Wildman–Crippen MR) is 113 cm³/mol. The van der Waals surface area contributed by atoms with Crippen LogP contribution in [0.5, 0.6) is 0 Å². The van der Waals surface area contributed by atoms with Crippen LogP contribution in [-0.4, -0.2) is 28.1 Å². The maximum atomic E-state index is 13.3. The van der Waals surface area contributed by atoms with E-state index in [0.29, 0.717) is 40.7 Å². The lowest BCUT2D eigenvalue weighted by atomic mass is 9.75. The van der Waals surface area contributed by atoms with E-state index in [1.807, 2.05) is 19.9 Å². The number of aromatic nitrogens is 1. The summed E-state index contributed by atoms with van der Waals surface area (Å²) in [6.45, 7) is 4.54. The number of fused-ring (bicyclic) bond motifs is 1. The van der Waals surface area contributed by atoms with Gasteiger partial charge in [-0.2, -0.15) is 0 Å². The summed E-state index contributed by atoms with van der Waals surface area (Å²) in [5.41, 5.74) is 1.33. The van der Waals surface area contributed by atoms with E-state index in [9.17, 15) is 14.4 Å². The van der Waals surface area contributed by atoms with Crippen LogP contribution in [0.25, 0.3) is 0 Å². The molecule has 2 aromatic rings. The fourth-order valence-electron chi connectivity index (χ4n) is 4.42. The molecule has 1 aliphatic carbocycles. The lowest BCUT2D eigenvalue weighted by Crippen LogP contribution is -2.37. The molecular weight excluding hydrogens is 411 g/mol. The van der Waals surface area contributed by atoms with Gasteiger partial charge in [-0.15, -0.1) is 0 Å². The number of carbonyl (C=O) groups excluding carboxylic acids is 2. The van der Waals surface area contributed by atoms with Gasteiger partial charge < -0.3 is 9.88 Å². The number of benzene rings is 1. The Morgan fingerprint density at radius 3 is 2.62 bits per heavy atom. The number of ketones is 1. The van der Waals surface area contributed by atoms with Gasteiger partial charge in [0.1, 0.15) is 5.56 Å². The van der Waals surface area contributed by atoms with E-state index in [1.54, 1.807) is 17.0 Å². The van der Waals surface area contributed by atoms with Crippen LogP contribution in [-0.2, 0) is 6.42 Å². The number of Topliss-reactive ketones (excluding diaryl/α,β-unsaturated/α-hetero) is 1. The minimum atomic E-state index is -0.445. The molecular formula is C22H22Cl2N2O3. The molecule has 1 aliphatic heterocycles. The summed E-state index contributed by atoms with van der Waals surface area (Å²) in [6.07, 6.45) is 2.61. The Bertz CT molecular complexity index is 1070. The molecule has 1 amide bonds. The third-order valence-electron chi connectivity index (χ3n) is 5.79. The van der Waals surface area contributed by atoms with Gasteiger partial charge in [-0.05, 0) is 48.4 Å². The van der Waals surface area contributed by atoms with Crippen LogP contribution in [0.15, 0.2) is 29.1 Å². The number of aromatic amines is 1. The summed E-state index contributed by atoms with van der Waals surface area (Å²) in [4.78, 5) is 43.0. The molecule has 7 heteroatoms. The lowest BCUT2D eigenvalue weighted by Gasteiger charge is -2.30. The highest BCUT2D eigenvalue weighted by atomic mass is 35.5. The molecule has 1 unspecified atom stereocenters. The van der Waals surface area contributed by atoms with Crippen molar-refractivity contribution in [2.75, 3.05) is 6.54 Å². The zero-order valence-corrected chi connectivity index (χ0v) is 17.9. The first-order valence-electron chi connectivity index (χ1n) is 9.71. The van der Waals surface area contributed by atoms with Crippen molar-refractivity contribution in [3.05, 3.63) is 67.0 Å². The van der Waals surface area contributed by atoms with Gasteiger partial charge in [0.2, 0.25) is 0 Å². The average Bonchev–Trinajstić information content (AvgIpc) is 3.11. The summed E-state index contributed by atoms with van der Waals surface area (Å²) < 4.78 is 0. The molecule has 1 fully saturated rings. The number of carbonyl (C=O) groups is 2. The van der Waals surface area contributed by atoms with E-state index in [2.05, 4.69) is 4.98 Å². The monoisotopic (exact) mass is 432 g/mol. The largest absolute Gasteiger partial charge is 0.331 e. The topological polar surface area (TPSA) is 70.2 Å². The minimum Gasteiger partial charge on any atom is -0.331 e. The molecule has 0 saturated carbocycles. The van der Waals surface area contributed by atoms with E-state index < -0.39 is 5.56 Å². The SMILES string of the molecule is CC1(C)CC(=O)c2cc(C(=O)N3CCCC3c3ccc(Cl)c(Cl)c3)c(=O)[nH]c2C1. The van der Waals surface area contributed by atoms with Gasteiger partial charge in [0.05, 0.1) is 16.1 Å². The number of amides is 1. The summed E-state index contributed by atoms with van der Waals surface area (Å²) >= 11 is 12.2. The molecule has 1 aromatic heterocycles. The number of nitrogens with zero attached hydrogens (tertiary/aromatic N) is 1. The van der Waals surface area contributed by atoms with Crippen molar-refractivity contribution in [1.82, 2.24) is 9.88 Å². The van der Waals surface area contributed by atoms with E-state index >= 15 is 0 Å². The number of halogens is 2. The molecule has 1 N–H and O–H groups in total. The highest BCUT2D eigenvalue weighted by Crippen LogP contribution is 2.37. The van der Waals surface area contributed by atoms with Gasteiger partial charge >= 0.3 is 0 Å². The molecule has 29 heavy (non-hydrogen) atoms. The quantitative estimate of drug-likeness (QED) is 0.739. The van der Waals surface area contributed by atoms with Crippen molar-refractivity contribution in [1.29, 1.82) is 0 Å². The molecule has 0 spiro atoms. The number of pyridine rings is 1. The molecule has 2 heterocycles. The first-order chi connectivity index (χ1) is 13.7. The van der Waals surface area contributed by atoms with E-state index in [1.165, 1.54) is 6.07 Å².